The average molecular weight is 321 g/mol. The lowest BCUT2D eigenvalue weighted by Gasteiger charge is -2.18. The summed E-state index contributed by atoms with van der Waals surface area (Å²) in [5.41, 5.74) is 1.20. The molecule has 1 aromatic heterocycles. The van der Waals surface area contributed by atoms with E-state index in [-0.39, 0.29) is 0 Å². The molecule has 2 unspecified atom stereocenters. The van der Waals surface area contributed by atoms with E-state index in [0.29, 0.717) is 6.04 Å². The highest BCUT2D eigenvalue weighted by Crippen LogP contribution is 2.27. The first-order chi connectivity index (χ1) is 10.6. The summed E-state index contributed by atoms with van der Waals surface area (Å²) < 4.78 is 0. The highest BCUT2D eigenvalue weighted by Gasteiger charge is 2.24. The molecule has 1 saturated carbocycles. The normalized spacial score (nSPS) is 21.7. The van der Waals surface area contributed by atoms with Gasteiger partial charge in [-0.1, -0.05) is 0 Å². The Morgan fingerprint density at radius 2 is 2.27 bits per heavy atom. The van der Waals surface area contributed by atoms with Crippen LogP contribution >= 0.6 is 11.8 Å². The minimum Gasteiger partial charge on any atom is -0.363 e. The van der Waals surface area contributed by atoms with Gasteiger partial charge in [-0.05, 0) is 43.2 Å². The summed E-state index contributed by atoms with van der Waals surface area (Å²) >= 11 is 1.97. The van der Waals surface area contributed by atoms with Crippen molar-refractivity contribution in [1.29, 1.82) is 0 Å². The molecule has 2 atom stereocenters. The van der Waals surface area contributed by atoms with Crippen molar-refractivity contribution >= 4 is 23.5 Å². The fourth-order valence-electron chi connectivity index (χ4n) is 2.67. The molecule has 0 aromatic carbocycles. The molecular weight excluding hydrogens is 294 g/mol. The first-order valence-electron chi connectivity index (χ1n) is 7.74. The fraction of sp³-hybridized carbons (Fsp3) is 0.625. The lowest BCUT2D eigenvalue weighted by molar-refractivity contribution is 0.614. The van der Waals surface area contributed by atoms with Gasteiger partial charge in [0.1, 0.15) is 5.82 Å². The summed E-state index contributed by atoms with van der Waals surface area (Å²) in [4.78, 5) is 10.7. The largest absolute Gasteiger partial charge is 0.363 e. The highest BCUT2D eigenvalue weighted by atomic mass is 32.2. The second-order valence-electron chi connectivity index (χ2n) is 5.85. The van der Waals surface area contributed by atoms with Crippen LogP contribution in [-0.4, -0.2) is 49.6 Å². The van der Waals surface area contributed by atoms with Crippen LogP contribution in [0.2, 0.25) is 0 Å². The SMILES string of the molecule is CN=C(NCc1ccnc(N(C)C)c1)NC1CCC(SC)C1. The minimum atomic E-state index is 0.540. The maximum Gasteiger partial charge on any atom is 0.191 e. The standard InChI is InChI=1S/C16H27N5S/c1-17-16(20-13-5-6-14(10-13)22-4)19-11-12-7-8-18-15(9-12)21(2)3/h7-9,13-14H,5-6,10-11H2,1-4H3,(H2,17,19,20). The highest BCUT2D eigenvalue weighted by molar-refractivity contribution is 7.99. The van der Waals surface area contributed by atoms with Crippen LogP contribution < -0.4 is 15.5 Å². The van der Waals surface area contributed by atoms with Crippen molar-refractivity contribution in [3.05, 3.63) is 23.9 Å². The predicted molar refractivity (Wildman–Crippen MR) is 96.8 cm³/mol. The molecule has 1 aromatic rings. The van der Waals surface area contributed by atoms with Gasteiger partial charge in [0.15, 0.2) is 5.96 Å². The number of nitrogens with zero attached hydrogens (tertiary/aromatic N) is 3. The molecule has 6 heteroatoms. The van der Waals surface area contributed by atoms with Gasteiger partial charge in [-0.15, -0.1) is 0 Å². The second kappa shape index (κ2) is 8.27. The quantitative estimate of drug-likeness (QED) is 0.642. The third kappa shape index (κ3) is 4.80. The Labute approximate surface area is 138 Å². The minimum absolute atomic E-state index is 0.540. The summed E-state index contributed by atoms with van der Waals surface area (Å²) in [5.74, 6) is 1.86. The van der Waals surface area contributed by atoms with Gasteiger partial charge in [0.2, 0.25) is 0 Å². The summed E-state index contributed by atoms with van der Waals surface area (Å²) in [5, 5.41) is 7.72. The molecule has 0 bridgehead atoms. The van der Waals surface area contributed by atoms with Crippen LogP contribution in [0.5, 0.6) is 0 Å². The smallest absolute Gasteiger partial charge is 0.191 e. The van der Waals surface area contributed by atoms with Crippen LogP contribution in [-0.2, 0) is 6.54 Å². The molecule has 1 aliphatic carbocycles. The number of thioether (sulfide) groups is 1. The van der Waals surface area contributed by atoms with Crippen molar-refractivity contribution in [2.75, 3.05) is 32.3 Å². The molecule has 122 valence electrons. The van der Waals surface area contributed by atoms with Crippen molar-refractivity contribution in [2.45, 2.75) is 37.1 Å². The zero-order valence-corrected chi connectivity index (χ0v) is 14.8. The van der Waals surface area contributed by atoms with E-state index in [1.165, 1.54) is 24.8 Å². The molecule has 0 aliphatic heterocycles. The molecule has 0 radical (unpaired) electrons. The van der Waals surface area contributed by atoms with Crippen molar-refractivity contribution in [3.63, 3.8) is 0 Å². The number of guanidine groups is 1. The molecule has 0 saturated heterocycles. The molecule has 1 aliphatic rings. The van der Waals surface area contributed by atoms with E-state index in [1.54, 1.807) is 0 Å². The van der Waals surface area contributed by atoms with Crippen LogP contribution in [0.3, 0.4) is 0 Å². The third-order valence-corrected chi connectivity index (χ3v) is 5.11. The lowest BCUT2D eigenvalue weighted by atomic mass is 10.2. The van der Waals surface area contributed by atoms with E-state index in [1.807, 2.05) is 50.1 Å². The summed E-state index contributed by atoms with van der Waals surface area (Å²) in [6.07, 6.45) is 7.80. The van der Waals surface area contributed by atoms with Crippen molar-refractivity contribution in [3.8, 4) is 0 Å². The molecular formula is C16H27N5S. The van der Waals surface area contributed by atoms with E-state index >= 15 is 0 Å². The molecule has 5 nitrogen and oxygen atoms in total. The van der Waals surface area contributed by atoms with Gasteiger partial charge in [-0.2, -0.15) is 11.8 Å². The Balaban J connectivity index is 1.85. The number of aliphatic imine (C=N–C) groups is 1. The first-order valence-corrected chi connectivity index (χ1v) is 9.03. The predicted octanol–water partition coefficient (Wildman–Crippen LogP) is 2.10. The molecule has 0 amide bonds. The maximum atomic E-state index is 4.34. The van der Waals surface area contributed by atoms with Gasteiger partial charge in [0.25, 0.3) is 0 Å². The van der Waals surface area contributed by atoms with E-state index in [2.05, 4.69) is 32.9 Å². The van der Waals surface area contributed by atoms with Crippen LogP contribution in [0.25, 0.3) is 0 Å². The average Bonchev–Trinajstić information content (AvgIpc) is 2.99. The number of aromatic nitrogens is 1. The first kappa shape index (κ1) is 16.9. The van der Waals surface area contributed by atoms with Crippen LogP contribution in [0.4, 0.5) is 5.82 Å². The van der Waals surface area contributed by atoms with Crippen molar-refractivity contribution in [2.24, 2.45) is 4.99 Å². The molecule has 2 rings (SSSR count). The van der Waals surface area contributed by atoms with Crippen LogP contribution in [0.1, 0.15) is 24.8 Å². The molecule has 1 fully saturated rings. The summed E-state index contributed by atoms with van der Waals surface area (Å²) in [6.45, 7) is 0.752. The Morgan fingerprint density at radius 1 is 1.45 bits per heavy atom. The van der Waals surface area contributed by atoms with Crippen LogP contribution in [0.15, 0.2) is 23.3 Å². The number of nitrogens with one attached hydrogen (secondary N) is 2. The molecule has 22 heavy (non-hydrogen) atoms. The number of rotatable bonds is 5. The van der Waals surface area contributed by atoms with Gasteiger partial charge in [-0.3, -0.25) is 4.99 Å². The Kier molecular flexibility index (Phi) is 6.36. The third-order valence-electron chi connectivity index (χ3n) is 4.01. The van der Waals surface area contributed by atoms with E-state index in [4.69, 9.17) is 0 Å². The van der Waals surface area contributed by atoms with Gasteiger partial charge in [0.05, 0.1) is 0 Å². The number of pyridine rings is 1. The van der Waals surface area contributed by atoms with Gasteiger partial charge in [-0.25, -0.2) is 4.98 Å². The molecule has 2 N–H and O–H groups in total. The summed E-state index contributed by atoms with van der Waals surface area (Å²) in [7, 11) is 5.83. The van der Waals surface area contributed by atoms with Crippen LogP contribution in [0, 0.1) is 0 Å². The van der Waals surface area contributed by atoms with E-state index in [9.17, 15) is 0 Å². The number of hydrogen-bond acceptors (Lipinski definition) is 4. The Hall–Kier alpha value is -1.43. The molecule has 1 heterocycles. The van der Waals surface area contributed by atoms with E-state index in [0.717, 1.165) is 23.6 Å². The van der Waals surface area contributed by atoms with Crippen molar-refractivity contribution in [1.82, 2.24) is 15.6 Å². The second-order valence-corrected chi connectivity index (χ2v) is 6.99. The maximum absolute atomic E-state index is 4.34. The monoisotopic (exact) mass is 321 g/mol. The number of hydrogen-bond donors (Lipinski definition) is 2. The Morgan fingerprint density at radius 3 is 2.91 bits per heavy atom. The zero-order chi connectivity index (χ0) is 15.9. The van der Waals surface area contributed by atoms with Gasteiger partial charge >= 0.3 is 0 Å². The number of anilines is 1. The van der Waals surface area contributed by atoms with Gasteiger partial charge < -0.3 is 15.5 Å². The Bertz CT molecular complexity index is 503. The van der Waals surface area contributed by atoms with Crippen molar-refractivity contribution < 1.29 is 0 Å². The lowest BCUT2D eigenvalue weighted by Crippen LogP contribution is -2.42. The topological polar surface area (TPSA) is 52.6 Å². The van der Waals surface area contributed by atoms with Gasteiger partial charge in [0, 0.05) is 45.2 Å². The zero-order valence-electron chi connectivity index (χ0n) is 14.0. The summed E-state index contributed by atoms with van der Waals surface area (Å²) in [6, 6.07) is 4.67. The molecule has 0 spiro atoms. The van der Waals surface area contributed by atoms with E-state index < -0.39 is 0 Å². The fourth-order valence-corrected chi connectivity index (χ4v) is 3.47.